The van der Waals surface area contributed by atoms with Gasteiger partial charge in [-0.15, -0.1) is 0 Å². The summed E-state index contributed by atoms with van der Waals surface area (Å²) >= 11 is 0. The molecule has 118 valence electrons. The molecule has 1 saturated carbocycles. The van der Waals surface area contributed by atoms with Crippen LogP contribution >= 0.6 is 0 Å². The predicted octanol–water partition coefficient (Wildman–Crippen LogP) is 1.72. The number of carbonyl (C=O) groups is 3. The maximum Gasteiger partial charge on any atom is 0.307 e. The van der Waals surface area contributed by atoms with Gasteiger partial charge in [0.1, 0.15) is 0 Å². The number of amides is 2. The van der Waals surface area contributed by atoms with Gasteiger partial charge in [-0.2, -0.15) is 0 Å². The monoisotopic (exact) mass is 304 g/mol. The molecule has 2 N–H and O–H groups in total. The number of hydrogen-bond donors (Lipinski definition) is 2. The van der Waals surface area contributed by atoms with E-state index in [0.717, 1.165) is 19.3 Å². The zero-order valence-electron chi connectivity index (χ0n) is 12.6. The summed E-state index contributed by atoms with van der Waals surface area (Å²) in [5.74, 6) is -0.460. The van der Waals surface area contributed by atoms with Gasteiger partial charge in [-0.3, -0.25) is 14.4 Å². The van der Waals surface area contributed by atoms with Crippen molar-refractivity contribution in [2.75, 3.05) is 19.0 Å². The fourth-order valence-corrected chi connectivity index (χ4v) is 2.10. The summed E-state index contributed by atoms with van der Waals surface area (Å²) < 4.78 is 4.49. The number of esters is 1. The van der Waals surface area contributed by atoms with Gasteiger partial charge in [0.15, 0.2) is 0 Å². The summed E-state index contributed by atoms with van der Waals surface area (Å²) in [4.78, 5) is 34.6. The minimum Gasteiger partial charge on any atom is -0.469 e. The van der Waals surface area contributed by atoms with Gasteiger partial charge in [0.2, 0.25) is 5.91 Å². The van der Waals surface area contributed by atoms with E-state index in [4.69, 9.17) is 0 Å². The molecule has 0 aromatic heterocycles. The zero-order valence-corrected chi connectivity index (χ0v) is 12.6. The van der Waals surface area contributed by atoms with Crippen LogP contribution in [0.1, 0.15) is 36.0 Å². The third kappa shape index (κ3) is 4.31. The highest BCUT2D eigenvalue weighted by Crippen LogP contribution is 2.27. The van der Waals surface area contributed by atoms with E-state index in [1.807, 2.05) is 0 Å². The topological polar surface area (TPSA) is 84.5 Å². The molecule has 0 atom stereocenters. The van der Waals surface area contributed by atoms with Gasteiger partial charge in [-0.1, -0.05) is 6.42 Å². The third-order valence-corrected chi connectivity index (χ3v) is 3.73. The Morgan fingerprint density at radius 2 is 1.86 bits per heavy atom. The Balaban J connectivity index is 1.81. The second-order valence-corrected chi connectivity index (χ2v) is 5.28. The Morgan fingerprint density at radius 1 is 1.18 bits per heavy atom. The molecule has 0 spiro atoms. The van der Waals surface area contributed by atoms with Gasteiger partial charge in [-0.25, -0.2) is 0 Å². The van der Waals surface area contributed by atoms with Gasteiger partial charge in [0.25, 0.3) is 5.91 Å². The van der Waals surface area contributed by atoms with E-state index in [2.05, 4.69) is 15.4 Å². The normalized spacial score (nSPS) is 13.9. The van der Waals surface area contributed by atoms with E-state index in [1.165, 1.54) is 7.11 Å². The first-order valence-electron chi connectivity index (χ1n) is 7.36. The molecule has 2 rings (SSSR count). The third-order valence-electron chi connectivity index (χ3n) is 3.73. The number of carbonyl (C=O) groups excluding carboxylic acids is 3. The van der Waals surface area contributed by atoms with E-state index >= 15 is 0 Å². The first-order chi connectivity index (χ1) is 10.6. The molecule has 0 unspecified atom stereocenters. The predicted molar refractivity (Wildman–Crippen MR) is 81.4 cm³/mol. The van der Waals surface area contributed by atoms with E-state index < -0.39 is 0 Å². The van der Waals surface area contributed by atoms with E-state index in [-0.39, 0.29) is 36.7 Å². The average molecular weight is 304 g/mol. The van der Waals surface area contributed by atoms with Gasteiger partial charge >= 0.3 is 5.97 Å². The average Bonchev–Trinajstić information content (AvgIpc) is 2.45. The highest BCUT2D eigenvalue weighted by molar-refractivity contribution is 5.96. The largest absolute Gasteiger partial charge is 0.469 e. The number of rotatable bonds is 6. The van der Waals surface area contributed by atoms with Crippen molar-refractivity contribution in [2.24, 2.45) is 5.92 Å². The molecule has 1 aliphatic rings. The van der Waals surface area contributed by atoms with Crippen molar-refractivity contribution in [3.63, 3.8) is 0 Å². The molecule has 0 heterocycles. The van der Waals surface area contributed by atoms with Gasteiger partial charge in [-0.05, 0) is 37.1 Å². The summed E-state index contributed by atoms with van der Waals surface area (Å²) in [6, 6.07) is 6.69. The first kappa shape index (κ1) is 16.0. The van der Waals surface area contributed by atoms with Crippen LogP contribution in [-0.2, 0) is 14.3 Å². The lowest BCUT2D eigenvalue weighted by atomic mass is 9.85. The molecule has 22 heavy (non-hydrogen) atoms. The maximum absolute atomic E-state index is 11.9. The quantitative estimate of drug-likeness (QED) is 0.784. The smallest absolute Gasteiger partial charge is 0.307 e. The summed E-state index contributed by atoms with van der Waals surface area (Å²) in [6.07, 6.45) is 3.15. The molecule has 6 heteroatoms. The molecule has 0 radical (unpaired) electrons. The number of benzene rings is 1. The Labute approximate surface area is 129 Å². The maximum atomic E-state index is 11.9. The lowest BCUT2D eigenvalue weighted by molar-refractivity contribution is -0.140. The Morgan fingerprint density at radius 3 is 2.41 bits per heavy atom. The molecule has 1 aliphatic carbocycles. The van der Waals surface area contributed by atoms with Crippen molar-refractivity contribution in [2.45, 2.75) is 25.7 Å². The van der Waals surface area contributed by atoms with Crippen LogP contribution in [0.5, 0.6) is 0 Å². The molecule has 1 aromatic carbocycles. The molecule has 6 nitrogen and oxygen atoms in total. The Hall–Kier alpha value is -2.37. The highest BCUT2D eigenvalue weighted by Gasteiger charge is 2.25. The van der Waals surface area contributed by atoms with Crippen molar-refractivity contribution >= 4 is 23.5 Å². The van der Waals surface area contributed by atoms with Gasteiger partial charge in [0, 0.05) is 23.7 Å². The van der Waals surface area contributed by atoms with Gasteiger partial charge in [0.05, 0.1) is 13.5 Å². The van der Waals surface area contributed by atoms with Crippen LogP contribution in [0.25, 0.3) is 0 Å². The van der Waals surface area contributed by atoms with Crippen molar-refractivity contribution in [1.82, 2.24) is 5.32 Å². The lowest BCUT2D eigenvalue weighted by Crippen LogP contribution is -2.28. The van der Waals surface area contributed by atoms with Crippen LogP contribution in [0.4, 0.5) is 5.69 Å². The van der Waals surface area contributed by atoms with Crippen LogP contribution < -0.4 is 10.6 Å². The Kier molecular flexibility index (Phi) is 5.52. The molecule has 1 fully saturated rings. The fraction of sp³-hybridized carbons (Fsp3) is 0.438. The van der Waals surface area contributed by atoms with Crippen molar-refractivity contribution in [1.29, 1.82) is 0 Å². The van der Waals surface area contributed by atoms with Crippen molar-refractivity contribution in [3.8, 4) is 0 Å². The fourth-order valence-electron chi connectivity index (χ4n) is 2.10. The second-order valence-electron chi connectivity index (χ2n) is 5.28. The highest BCUT2D eigenvalue weighted by atomic mass is 16.5. The minimum absolute atomic E-state index is 0.0431. The number of methoxy groups -OCH3 is 1. The summed E-state index contributed by atoms with van der Waals surface area (Å²) in [5, 5.41) is 5.48. The van der Waals surface area contributed by atoms with Crippen LogP contribution in [-0.4, -0.2) is 31.4 Å². The molecule has 1 aromatic rings. The molecule has 0 saturated heterocycles. The lowest BCUT2D eigenvalue weighted by Gasteiger charge is -2.24. The van der Waals surface area contributed by atoms with Crippen LogP contribution in [0.3, 0.4) is 0 Å². The Bertz CT molecular complexity index is 550. The molecular formula is C16H20N2O4. The second kappa shape index (κ2) is 7.59. The summed E-state index contributed by atoms with van der Waals surface area (Å²) in [7, 11) is 1.31. The minimum atomic E-state index is -0.366. The van der Waals surface area contributed by atoms with E-state index in [9.17, 15) is 14.4 Å². The van der Waals surface area contributed by atoms with Crippen LogP contribution in [0, 0.1) is 5.92 Å². The molecule has 0 aliphatic heterocycles. The van der Waals surface area contributed by atoms with Crippen molar-refractivity contribution < 1.29 is 19.1 Å². The molecule has 2 amide bonds. The van der Waals surface area contributed by atoms with Crippen LogP contribution in [0.15, 0.2) is 24.3 Å². The number of hydrogen-bond acceptors (Lipinski definition) is 4. The zero-order chi connectivity index (χ0) is 15.9. The van der Waals surface area contributed by atoms with Gasteiger partial charge < -0.3 is 15.4 Å². The number of nitrogens with one attached hydrogen (secondary N) is 2. The van der Waals surface area contributed by atoms with Crippen LogP contribution in [0.2, 0.25) is 0 Å². The summed E-state index contributed by atoms with van der Waals surface area (Å²) in [6.45, 7) is 0.228. The van der Waals surface area contributed by atoms with Crippen molar-refractivity contribution in [3.05, 3.63) is 29.8 Å². The molecule has 0 bridgehead atoms. The van der Waals surface area contributed by atoms with E-state index in [0.29, 0.717) is 11.3 Å². The number of ether oxygens (including phenoxy) is 1. The first-order valence-corrected chi connectivity index (χ1v) is 7.36. The number of anilines is 1. The molecular weight excluding hydrogens is 284 g/mol. The SMILES string of the molecule is COC(=O)CCNC(=O)c1ccc(NC(=O)C2CCC2)cc1. The standard InChI is InChI=1S/C16H20N2O4/c1-22-14(19)9-10-17-15(20)12-5-7-13(8-6-12)18-16(21)11-3-2-4-11/h5-8,11H,2-4,9-10H2,1H3,(H,17,20)(H,18,21). The van der Waals surface area contributed by atoms with E-state index in [1.54, 1.807) is 24.3 Å². The summed E-state index contributed by atoms with van der Waals surface area (Å²) in [5.41, 5.74) is 1.16.